The first-order valence-electron chi connectivity index (χ1n) is 8.86. The molecule has 2 atom stereocenters. The zero-order valence-electron chi connectivity index (χ0n) is 14.6. The first-order chi connectivity index (χ1) is 12.5. The molecule has 0 saturated heterocycles. The third kappa shape index (κ3) is 2.79. The highest BCUT2D eigenvalue weighted by Crippen LogP contribution is 2.42. The fraction of sp³-hybridized carbons (Fsp3) is 0.286. The summed E-state index contributed by atoms with van der Waals surface area (Å²) in [5, 5.41) is 12.4. The van der Waals surface area contributed by atoms with Crippen LogP contribution >= 0.6 is 0 Å². The number of hydrogen-bond acceptors (Lipinski definition) is 3. The molecular weight excluding hydrogens is 328 g/mol. The lowest BCUT2D eigenvalue weighted by Crippen LogP contribution is -2.26. The van der Waals surface area contributed by atoms with Crippen molar-refractivity contribution in [2.45, 2.75) is 31.6 Å². The van der Waals surface area contributed by atoms with Crippen LogP contribution in [0.15, 0.2) is 48.5 Å². The largest absolute Gasteiger partial charge is 0.358 e. The normalized spacial score (nSPS) is 17.9. The molecule has 1 saturated carbocycles. The average Bonchev–Trinajstić information content (AvgIpc) is 2.96. The number of nitrogens with one attached hydrogen (secondary N) is 1. The molecule has 0 amide bonds. The van der Waals surface area contributed by atoms with E-state index < -0.39 is 0 Å². The lowest BCUT2D eigenvalue weighted by molar-refractivity contribution is -0.481. The van der Waals surface area contributed by atoms with Gasteiger partial charge in [0.15, 0.2) is 0 Å². The van der Waals surface area contributed by atoms with Crippen LogP contribution in [-0.4, -0.2) is 22.2 Å². The molecule has 1 fully saturated rings. The minimum atomic E-state index is -0.384. The van der Waals surface area contributed by atoms with Crippen LogP contribution in [0.2, 0.25) is 0 Å². The van der Waals surface area contributed by atoms with E-state index in [2.05, 4.69) is 11.1 Å². The maximum absolute atomic E-state index is 12.2. The molecule has 5 heteroatoms. The zero-order valence-corrected chi connectivity index (χ0v) is 14.6. The van der Waals surface area contributed by atoms with Gasteiger partial charge in [-0.15, -0.1) is 0 Å². The van der Waals surface area contributed by atoms with Crippen LogP contribution in [0, 0.1) is 17.0 Å². The highest BCUT2D eigenvalue weighted by Gasteiger charge is 2.36. The lowest BCUT2D eigenvalue weighted by Gasteiger charge is -2.26. The van der Waals surface area contributed by atoms with E-state index in [1.54, 1.807) is 0 Å². The van der Waals surface area contributed by atoms with Gasteiger partial charge in [0.05, 0.1) is 11.8 Å². The van der Waals surface area contributed by atoms with Crippen LogP contribution in [-0.2, 0) is 4.79 Å². The van der Waals surface area contributed by atoms with Gasteiger partial charge in [-0.05, 0) is 36.6 Å². The fourth-order valence-electron chi connectivity index (χ4n) is 3.91. The van der Waals surface area contributed by atoms with Crippen molar-refractivity contribution >= 4 is 16.7 Å². The number of aromatic nitrogens is 1. The summed E-state index contributed by atoms with van der Waals surface area (Å²) in [5.74, 6) is -0.344. The predicted octanol–water partition coefficient (Wildman–Crippen LogP) is 4.33. The fourth-order valence-corrected chi connectivity index (χ4v) is 3.91. The first-order valence-corrected chi connectivity index (χ1v) is 8.86. The Balaban J connectivity index is 1.96. The van der Waals surface area contributed by atoms with E-state index in [1.807, 2.05) is 49.4 Å². The standard InChI is InChI=1S/C21H20N2O3/c1-13-7-9-18-16(11-13)20(21(22-18)15-8-10-19(15)24)17(12-23(25)26)14-5-3-2-4-6-14/h2-7,9,11,15,17,22H,8,10,12H2,1H3. The van der Waals surface area contributed by atoms with Crippen molar-refractivity contribution in [1.82, 2.24) is 4.98 Å². The van der Waals surface area contributed by atoms with Gasteiger partial charge in [0.2, 0.25) is 6.54 Å². The maximum atomic E-state index is 12.2. The van der Waals surface area contributed by atoms with Crippen LogP contribution in [0.5, 0.6) is 0 Å². The van der Waals surface area contributed by atoms with Crippen LogP contribution < -0.4 is 0 Å². The van der Waals surface area contributed by atoms with Crippen LogP contribution in [0.3, 0.4) is 0 Å². The topological polar surface area (TPSA) is 76.0 Å². The minimum absolute atomic E-state index is 0.171. The molecule has 1 heterocycles. The summed E-state index contributed by atoms with van der Waals surface area (Å²) in [6, 6.07) is 15.6. The number of nitro groups is 1. The molecule has 5 nitrogen and oxygen atoms in total. The van der Waals surface area contributed by atoms with Crippen molar-refractivity contribution < 1.29 is 9.72 Å². The third-order valence-electron chi connectivity index (χ3n) is 5.32. The Kier molecular flexibility index (Phi) is 4.07. The molecule has 0 aliphatic heterocycles. The summed E-state index contributed by atoms with van der Waals surface area (Å²) in [4.78, 5) is 26.7. The van der Waals surface area contributed by atoms with E-state index in [0.717, 1.165) is 39.7 Å². The number of aromatic amines is 1. The van der Waals surface area contributed by atoms with Gasteiger partial charge in [0.25, 0.3) is 0 Å². The lowest BCUT2D eigenvalue weighted by atomic mass is 9.77. The van der Waals surface area contributed by atoms with E-state index in [9.17, 15) is 14.9 Å². The van der Waals surface area contributed by atoms with Gasteiger partial charge in [0, 0.05) is 27.9 Å². The number of nitrogens with zero attached hydrogens (tertiary/aromatic N) is 1. The van der Waals surface area contributed by atoms with Crippen LogP contribution in [0.1, 0.15) is 47.1 Å². The van der Waals surface area contributed by atoms with Gasteiger partial charge in [-0.1, -0.05) is 42.0 Å². The summed E-state index contributed by atoms with van der Waals surface area (Å²) in [6.07, 6.45) is 1.39. The first kappa shape index (κ1) is 16.5. The summed E-state index contributed by atoms with van der Waals surface area (Å²) in [5.41, 5.74) is 4.70. The van der Waals surface area contributed by atoms with Gasteiger partial charge in [-0.25, -0.2) is 0 Å². The van der Waals surface area contributed by atoms with E-state index in [-0.39, 0.29) is 29.1 Å². The highest BCUT2D eigenvalue weighted by molar-refractivity contribution is 5.95. The molecule has 2 aromatic carbocycles. The Morgan fingerprint density at radius 1 is 1.23 bits per heavy atom. The number of carbonyl (C=O) groups excluding carboxylic acids is 1. The molecule has 4 rings (SSSR count). The number of benzene rings is 2. The predicted molar refractivity (Wildman–Crippen MR) is 100 cm³/mol. The van der Waals surface area contributed by atoms with Gasteiger partial charge in [-0.3, -0.25) is 14.9 Å². The summed E-state index contributed by atoms with van der Waals surface area (Å²) in [7, 11) is 0. The summed E-state index contributed by atoms with van der Waals surface area (Å²) in [6.45, 7) is 1.81. The third-order valence-corrected chi connectivity index (χ3v) is 5.32. The second-order valence-corrected chi connectivity index (χ2v) is 7.04. The molecule has 1 aliphatic rings. The molecule has 0 radical (unpaired) electrons. The monoisotopic (exact) mass is 348 g/mol. The number of H-pyrrole nitrogens is 1. The molecule has 0 bridgehead atoms. The quantitative estimate of drug-likeness (QED) is 0.551. The second-order valence-electron chi connectivity index (χ2n) is 7.04. The van der Waals surface area contributed by atoms with Crippen molar-refractivity contribution in [3.63, 3.8) is 0 Å². The van der Waals surface area contributed by atoms with Crippen LogP contribution in [0.25, 0.3) is 10.9 Å². The van der Waals surface area contributed by atoms with E-state index in [4.69, 9.17) is 0 Å². The number of Topliss-reactive ketones (excluding diaryl/α,β-unsaturated/α-hetero) is 1. The second kappa shape index (κ2) is 6.41. The number of rotatable bonds is 5. The Morgan fingerprint density at radius 3 is 2.62 bits per heavy atom. The molecule has 1 N–H and O–H groups in total. The Bertz CT molecular complexity index is 991. The van der Waals surface area contributed by atoms with Crippen molar-refractivity contribution in [1.29, 1.82) is 0 Å². The average molecular weight is 348 g/mol. The molecule has 1 aromatic heterocycles. The Morgan fingerprint density at radius 2 is 2.00 bits per heavy atom. The van der Waals surface area contributed by atoms with E-state index in [0.29, 0.717) is 6.42 Å². The SMILES string of the molecule is Cc1ccc2[nH]c(C3CCC3=O)c(C(C[N+](=O)[O-])c3ccccc3)c2c1. The molecule has 3 aromatic rings. The van der Waals surface area contributed by atoms with Crippen LogP contribution in [0.4, 0.5) is 0 Å². The van der Waals surface area contributed by atoms with Crippen molar-refractivity contribution in [3.8, 4) is 0 Å². The smallest absolute Gasteiger partial charge is 0.214 e. The van der Waals surface area contributed by atoms with Gasteiger partial charge in [0.1, 0.15) is 5.78 Å². The van der Waals surface area contributed by atoms with Crippen molar-refractivity contribution in [2.24, 2.45) is 0 Å². The van der Waals surface area contributed by atoms with E-state index in [1.165, 1.54) is 0 Å². The van der Waals surface area contributed by atoms with Crippen molar-refractivity contribution in [3.05, 3.63) is 81.0 Å². The van der Waals surface area contributed by atoms with E-state index >= 15 is 0 Å². The Hall–Kier alpha value is -2.95. The number of aryl methyl sites for hydroxylation is 1. The Labute approximate surface area is 151 Å². The summed E-state index contributed by atoms with van der Waals surface area (Å²) >= 11 is 0. The minimum Gasteiger partial charge on any atom is -0.358 e. The number of carbonyl (C=O) groups is 1. The van der Waals surface area contributed by atoms with Gasteiger partial charge < -0.3 is 4.98 Å². The maximum Gasteiger partial charge on any atom is 0.214 e. The molecule has 26 heavy (non-hydrogen) atoms. The number of ketones is 1. The molecule has 1 aliphatic carbocycles. The molecule has 2 unspecified atom stereocenters. The molecule has 0 spiro atoms. The molecule has 132 valence electrons. The molecular formula is C21H20N2O3. The van der Waals surface area contributed by atoms with Gasteiger partial charge in [-0.2, -0.15) is 0 Å². The number of fused-ring (bicyclic) bond motifs is 1. The summed E-state index contributed by atoms with van der Waals surface area (Å²) < 4.78 is 0. The highest BCUT2D eigenvalue weighted by atomic mass is 16.6. The van der Waals surface area contributed by atoms with Crippen molar-refractivity contribution in [2.75, 3.05) is 6.54 Å². The number of hydrogen-bond donors (Lipinski definition) is 1. The van der Waals surface area contributed by atoms with Gasteiger partial charge >= 0.3 is 0 Å². The zero-order chi connectivity index (χ0) is 18.3.